The third-order valence-corrected chi connectivity index (χ3v) is 4.83. The first-order chi connectivity index (χ1) is 14.3. The predicted octanol–water partition coefficient (Wildman–Crippen LogP) is 3.92. The van der Waals surface area contributed by atoms with Crippen molar-refractivity contribution in [3.8, 4) is 17.3 Å². The number of methoxy groups -OCH3 is 1. The summed E-state index contributed by atoms with van der Waals surface area (Å²) in [6.07, 6.45) is -0.883. The molecular formula is C22H22ClN3O4. The molecule has 0 saturated carbocycles. The Morgan fingerprint density at radius 1 is 1.10 bits per heavy atom. The zero-order chi connectivity index (χ0) is 21.8. The summed E-state index contributed by atoms with van der Waals surface area (Å²) in [7, 11) is 1.50. The van der Waals surface area contributed by atoms with E-state index in [4.69, 9.17) is 21.1 Å². The average Bonchev–Trinajstić information content (AvgIpc) is 2.71. The highest BCUT2D eigenvalue weighted by atomic mass is 35.5. The van der Waals surface area contributed by atoms with Crippen LogP contribution in [0.2, 0.25) is 5.02 Å². The quantitative estimate of drug-likeness (QED) is 0.644. The van der Waals surface area contributed by atoms with Crippen LogP contribution in [-0.4, -0.2) is 28.9 Å². The molecular weight excluding hydrogens is 406 g/mol. The number of hydrogen-bond acceptors (Lipinski definition) is 5. The second-order valence-corrected chi connectivity index (χ2v) is 7.22. The first-order valence-electron chi connectivity index (χ1n) is 9.27. The molecule has 0 fully saturated rings. The Kier molecular flexibility index (Phi) is 6.42. The molecule has 0 aliphatic heterocycles. The Bertz CT molecular complexity index is 1140. The summed E-state index contributed by atoms with van der Waals surface area (Å²) in [5.74, 6) is 0.205. The van der Waals surface area contributed by atoms with Crippen LogP contribution in [0.5, 0.6) is 11.6 Å². The minimum absolute atomic E-state index is 0.147. The van der Waals surface area contributed by atoms with Crippen molar-refractivity contribution < 1.29 is 14.3 Å². The number of carbonyl (C=O) groups excluding carboxylic acids is 1. The van der Waals surface area contributed by atoms with E-state index in [-0.39, 0.29) is 11.4 Å². The van der Waals surface area contributed by atoms with Gasteiger partial charge in [0.25, 0.3) is 11.5 Å². The molecule has 3 aromatic rings. The van der Waals surface area contributed by atoms with Crippen LogP contribution in [0, 0.1) is 13.8 Å². The number of aromatic nitrogens is 2. The van der Waals surface area contributed by atoms with E-state index in [9.17, 15) is 9.59 Å². The number of anilines is 1. The Hall–Kier alpha value is -3.32. The van der Waals surface area contributed by atoms with Crippen LogP contribution in [0.1, 0.15) is 18.1 Å². The maximum absolute atomic E-state index is 12.6. The summed E-state index contributed by atoms with van der Waals surface area (Å²) in [5, 5.41) is 7.43. The maximum atomic E-state index is 12.6. The molecule has 0 bridgehead atoms. The van der Waals surface area contributed by atoms with E-state index < -0.39 is 12.0 Å². The first kappa shape index (κ1) is 21.4. The van der Waals surface area contributed by atoms with E-state index in [1.165, 1.54) is 23.9 Å². The molecule has 156 valence electrons. The van der Waals surface area contributed by atoms with Crippen LogP contribution in [0.15, 0.2) is 53.3 Å². The van der Waals surface area contributed by atoms with E-state index in [1.807, 2.05) is 32.0 Å². The molecule has 0 saturated heterocycles. The molecule has 0 unspecified atom stereocenters. The van der Waals surface area contributed by atoms with Crippen molar-refractivity contribution in [2.75, 3.05) is 12.4 Å². The van der Waals surface area contributed by atoms with E-state index in [2.05, 4.69) is 10.4 Å². The normalized spacial score (nSPS) is 11.6. The van der Waals surface area contributed by atoms with Crippen molar-refractivity contribution in [2.45, 2.75) is 26.9 Å². The fraction of sp³-hybridized carbons (Fsp3) is 0.227. The molecule has 2 aromatic carbocycles. The molecule has 0 radical (unpaired) electrons. The summed E-state index contributed by atoms with van der Waals surface area (Å²) in [5.41, 5.74) is 2.90. The van der Waals surface area contributed by atoms with E-state index in [0.717, 1.165) is 11.1 Å². The molecule has 30 heavy (non-hydrogen) atoms. The van der Waals surface area contributed by atoms with Gasteiger partial charge in [-0.15, -0.1) is 5.10 Å². The van der Waals surface area contributed by atoms with Crippen LogP contribution in [0.3, 0.4) is 0 Å². The SMILES string of the molecule is COc1ccc(Cl)cc1NC(=O)[C@H](C)Oc1ccc(=O)n(-c2ccc(C)c(C)c2)n1. The van der Waals surface area contributed by atoms with Gasteiger partial charge in [0.05, 0.1) is 18.5 Å². The van der Waals surface area contributed by atoms with Crippen molar-refractivity contribution >= 4 is 23.2 Å². The highest BCUT2D eigenvalue weighted by Crippen LogP contribution is 2.28. The third-order valence-electron chi connectivity index (χ3n) is 4.60. The minimum atomic E-state index is -0.883. The lowest BCUT2D eigenvalue weighted by Crippen LogP contribution is -2.31. The van der Waals surface area contributed by atoms with Crippen LogP contribution in [0.4, 0.5) is 5.69 Å². The van der Waals surface area contributed by atoms with Gasteiger partial charge in [0.1, 0.15) is 5.75 Å². The zero-order valence-corrected chi connectivity index (χ0v) is 17.9. The maximum Gasteiger partial charge on any atom is 0.271 e. The molecule has 0 aliphatic carbocycles. The first-order valence-corrected chi connectivity index (χ1v) is 9.65. The lowest BCUT2D eigenvalue weighted by atomic mass is 10.1. The summed E-state index contributed by atoms with van der Waals surface area (Å²) < 4.78 is 12.1. The van der Waals surface area contributed by atoms with Gasteiger partial charge in [0.15, 0.2) is 6.10 Å². The molecule has 1 amide bonds. The number of benzene rings is 2. The third kappa shape index (κ3) is 4.80. The number of rotatable bonds is 6. The van der Waals surface area contributed by atoms with Gasteiger partial charge in [-0.05, 0) is 62.2 Å². The fourth-order valence-electron chi connectivity index (χ4n) is 2.75. The van der Waals surface area contributed by atoms with Crippen molar-refractivity contribution in [3.63, 3.8) is 0 Å². The van der Waals surface area contributed by atoms with Crippen molar-refractivity contribution in [1.29, 1.82) is 0 Å². The number of carbonyl (C=O) groups is 1. The predicted molar refractivity (Wildman–Crippen MR) is 116 cm³/mol. The molecule has 1 atom stereocenters. The van der Waals surface area contributed by atoms with Crippen LogP contribution >= 0.6 is 11.6 Å². The fourth-order valence-corrected chi connectivity index (χ4v) is 2.92. The van der Waals surface area contributed by atoms with E-state index in [0.29, 0.717) is 22.1 Å². The Balaban J connectivity index is 1.79. The molecule has 0 spiro atoms. The number of halogens is 1. The molecule has 3 rings (SSSR count). The highest BCUT2D eigenvalue weighted by Gasteiger charge is 2.18. The van der Waals surface area contributed by atoms with Crippen LogP contribution < -0.4 is 20.3 Å². The zero-order valence-electron chi connectivity index (χ0n) is 17.1. The number of nitrogens with zero attached hydrogens (tertiary/aromatic N) is 2. The van der Waals surface area contributed by atoms with Gasteiger partial charge >= 0.3 is 0 Å². The van der Waals surface area contributed by atoms with Crippen molar-refractivity contribution in [3.05, 3.63) is 75.0 Å². The largest absolute Gasteiger partial charge is 0.495 e. The topological polar surface area (TPSA) is 82.5 Å². The van der Waals surface area contributed by atoms with Crippen LogP contribution in [-0.2, 0) is 4.79 Å². The lowest BCUT2D eigenvalue weighted by molar-refractivity contribution is -0.122. The number of hydrogen-bond donors (Lipinski definition) is 1. The number of amides is 1. The lowest BCUT2D eigenvalue weighted by Gasteiger charge is -2.16. The smallest absolute Gasteiger partial charge is 0.271 e. The summed E-state index contributed by atoms with van der Waals surface area (Å²) in [6.45, 7) is 5.53. The molecule has 1 N–H and O–H groups in total. The monoisotopic (exact) mass is 427 g/mol. The second-order valence-electron chi connectivity index (χ2n) is 6.78. The van der Waals surface area contributed by atoms with Gasteiger partial charge in [-0.3, -0.25) is 9.59 Å². The highest BCUT2D eigenvalue weighted by molar-refractivity contribution is 6.31. The minimum Gasteiger partial charge on any atom is -0.495 e. The van der Waals surface area contributed by atoms with Gasteiger partial charge in [0, 0.05) is 17.2 Å². The van der Waals surface area contributed by atoms with Crippen molar-refractivity contribution in [1.82, 2.24) is 9.78 Å². The summed E-state index contributed by atoms with van der Waals surface area (Å²) in [6, 6.07) is 13.3. The van der Waals surface area contributed by atoms with Gasteiger partial charge in [-0.25, -0.2) is 0 Å². The number of ether oxygens (including phenoxy) is 2. The molecule has 0 aliphatic rings. The Morgan fingerprint density at radius 3 is 2.57 bits per heavy atom. The van der Waals surface area contributed by atoms with E-state index in [1.54, 1.807) is 25.1 Å². The molecule has 7 nitrogen and oxygen atoms in total. The van der Waals surface area contributed by atoms with Crippen LogP contribution in [0.25, 0.3) is 5.69 Å². The van der Waals surface area contributed by atoms with Gasteiger partial charge < -0.3 is 14.8 Å². The molecule has 1 aromatic heterocycles. The average molecular weight is 428 g/mol. The van der Waals surface area contributed by atoms with Gasteiger partial charge in [-0.1, -0.05) is 17.7 Å². The Labute approximate surface area is 179 Å². The number of nitrogens with one attached hydrogen (secondary N) is 1. The second kappa shape index (κ2) is 9.00. The summed E-state index contributed by atoms with van der Waals surface area (Å²) >= 11 is 6.00. The molecule has 1 heterocycles. The Morgan fingerprint density at radius 2 is 1.87 bits per heavy atom. The summed E-state index contributed by atoms with van der Waals surface area (Å²) in [4.78, 5) is 24.8. The van der Waals surface area contributed by atoms with Gasteiger partial charge in [0.2, 0.25) is 5.88 Å². The van der Waals surface area contributed by atoms with Crippen molar-refractivity contribution in [2.24, 2.45) is 0 Å². The van der Waals surface area contributed by atoms with E-state index >= 15 is 0 Å². The number of aryl methyl sites for hydroxylation is 2. The molecule has 8 heteroatoms. The van der Waals surface area contributed by atoms with Gasteiger partial charge in [-0.2, -0.15) is 4.68 Å². The standard InChI is InChI=1S/C22H22ClN3O4/c1-13-5-7-17(11-14(13)2)26-21(27)10-9-20(25-26)30-15(3)22(28)24-18-12-16(23)6-8-19(18)29-4/h5-12,15H,1-4H3,(H,24,28)/t15-/m0/s1.